The van der Waals surface area contributed by atoms with Crippen molar-refractivity contribution in [3.63, 3.8) is 0 Å². The first-order valence-corrected chi connectivity index (χ1v) is 11.7. The van der Waals surface area contributed by atoms with Crippen LogP contribution >= 0.6 is 0 Å². The number of hydrogen-bond acceptors (Lipinski definition) is 8. The Kier molecular flexibility index (Phi) is 13.0. The number of guanidine groups is 1. The van der Waals surface area contributed by atoms with Crippen molar-refractivity contribution in [2.45, 2.75) is 69.5 Å². The molecule has 6 unspecified atom stereocenters. The largest absolute Gasteiger partial charge is 0.480 e. The van der Waals surface area contributed by atoms with Gasteiger partial charge in [0.1, 0.15) is 12.1 Å². The van der Waals surface area contributed by atoms with Crippen LogP contribution in [0, 0.1) is 0 Å². The van der Waals surface area contributed by atoms with Gasteiger partial charge < -0.3 is 48.5 Å². The number of aliphatic hydroxyl groups excluding tert-OH is 2. The van der Waals surface area contributed by atoms with E-state index in [0.717, 1.165) is 0 Å². The number of carbonyl (C=O) groups excluding carboxylic acids is 3. The number of hydrogen-bond donors (Lipinski definition) is 9. The van der Waals surface area contributed by atoms with Crippen LogP contribution in [0.4, 0.5) is 0 Å². The number of nitrogens with two attached hydrogens (primary N) is 3. The van der Waals surface area contributed by atoms with Crippen LogP contribution in [0.5, 0.6) is 0 Å². The lowest BCUT2D eigenvalue weighted by Gasteiger charge is -2.27. The summed E-state index contributed by atoms with van der Waals surface area (Å²) in [7, 11) is 0. The van der Waals surface area contributed by atoms with E-state index in [0.29, 0.717) is 12.0 Å². The molecule has 0 saturated heterocycles. The number of benzene rings is 1. The van der Waals surface area contributed by atoms with Gasteiger partial charge in [-0.15, -0.1) is 0 Å². The number of aliphatic carboxylic acids is 1. The van der Waals surface area contributed by atoms with Gasteiger partial charge in [0.05, 0.1) is 18.2 Å². The van der Waals surface area contributed by atoms with Crippen molar-refractivity contribution in [1.82, 2.24) is 16.0 Å². The topological polar surface area (TPSA) is 255 Å². The maximum Gasteiger partial charge on any atom is 0.328 e. The quantitative estimate of drug-likeness (QED) is 0.0636. The van der Waals surface area contributed by atoms with Crippen LogP contribution in [0.1, 0.15) is 32.3 Å². The van der Waals surface area contributed by atoms with Gasteiger partial charge in [0, 0.05) is 13.0 Å². The Morgan fingerprint density at radius 2 is 1.46 bits per heavy atom. The molecule has 0 saturated carbocycles. The van der Waals surface area contributed by atoms with Gasteiger partial charge in [0.2, 0.25) is 17.7 Å². The fourth-order valence-electron chi connectivity index (χ4n) is 3.28. The number of nitrogens with zero attached hydrogens (tertiary/aromatic N) is 1. The van der Waals surface area contributed by atoms with Crippen molar-refractivity contribution in [3.8, 4) is 0 Å². The first-order chi connectivity index (χ1) is 17.3. The number of aliphatic hydroxyl groups is 2. The van der Waals surface area contributed by atoms with Crippen LogP contribution < -0.4 is 33.2 Å². The van der Waals surface area contributed by atoms with Crippen LogP contribution in [0.3, 0.4) is 0 Å². The Labute approximate surface area is 214 Å². The number of nitrogens with one attached hydrogen (secondary N) is 3. The van der Waals surface area contributed by atoms with E-state index in [9.17, 15) is 34.5 Å². The zero-order valence-electron chi connectivity index (χ0n) is 20.8. The molecule has 0 fully saturated rings. The number of rotatable bonds is 15. The second-order valence-electron chi connectivity index (χ2n) is 8.60. The highest BCUT2D eigenvalue weighted by molar-refractivity contribution is 5.94. The molecule has 0 radical (unpaired) electrons. The molecule has 1 rings (SSSR count). The standard InChI is InChI=1S/C23H37N7O7/c1-12(31)17(21(35)30-18(13(2)32)22(36)37)29-20(34)16(11-14-7-4-3-5-8-14)28-19(33)15(24)9-6-10-27-23(25)26/h3-5,7-8,12-13,15-18,31-32H,6,9-11,24H2,1-2H3,(H,28,33)(H,29,34)(H,30,35)(H,36,37)(H4,25,26,27). The minimum absolute atomic E-state index is 0.0404. The third-order valence-corrected chi connectivity index (χ3v) is 5.33. The van der Waals surface area contributed by atoms with E-state index in [2.05, 4.69) is 20.9 Å². The number of carboxylic acid groups (broad SMARTS) is 1. The monoisotopic (exact) mass is 523 g/mol. The van der Waals surface area contributed by atoms with Crippen molar-refractivity contribution in [2.75, 3.05) is 6.54 Å². The lowest BCUT2D eigenvalue weighted by molar-refractivity contribution is -0.146. The SMILES string of the molecule is CC(O)C(NC(=O)C(NC(=O)C(Cc1ccccc1)NC(=O)C(N)CCCN=C(N)N)C(C)O)C(=O)O. The molecule has 206 valence electrons. The third kappa shape index (κ3) is 11.2. The normalized spacial score (nSPS) is 15.7. The number of aliphatic imine (C=N–C) groups is 1. The van der Waals surface area contributed by atoms with Crippen molar-refractivity contribution < 1.29 is 34.5 Å². The van der Waals surface area contributed by atoms with E-state index in [4.69, 9.17) is 17.2 Å². The average molecular weight is 524 g/mol. The maximum atomic E-state index is 13.1. The second-order valence-corrected chi connectivity index (χ2v) is 8.60. The van der Waals surface area contributed by atoms with Crippen molar-refractivity contribution in [2.24, 2.45) is 22.2 Å². The Hall–Kier alpha value is -3.75. The lowest BCUT2D eigenvalue weighted by atomic mass is 10.0. The smallest absolute Gasteiger partial charge is 0.328 e. The molecule has 0 aliphatic carbocycles. The molecule has 12 N–H and O–H groups in total. The van der Waals surface area contributed by atoms with E-state index in [1.54, 1.807) is 30.3 Å². The van der Waals surface area contributed by atoms with Gasteiger partial charge in [0.15, 0.2) is 12.0 Å². The van der Waals surface area contributed by atoms with Gasteiger partial charge in [-0.25, -0.2) is 4.79 Å². The van der Waals surface area contributed by atoms with E-state index >= 15 is 0 Å². The summed E-state index contributed by atoms with van der Waals surface area (Å²) in [6.07, 6.45) is -2.18. The van der Waals surface area contributed by atoms with Crippen LogP contribution in [-0.2, 0) is 25.6 Å². The van der Waals surface area contributed by atoms with Gasteiger partial charge in [0.25, 0.3) is 0 Å². The van der Waals surface area contributed by atoms with E-state index in [-0.39, 0.29) is 25.3 Å². The molecule has 1 aromatic rings. The summed E-state index contributed by atoms with van der Waals surface area (Å²) in [4.78, 5) is 53.6. The van der Waals surface area contributed by atoms with E-state index in [1.165, 1.54) is 13.8 Å². The molecule has 0 spiro atoms. The lowest BCUT2D eigenvalue weighted by Crippen LogP contribution is -2.61. The molecule has 6 atom stereocenters. The molecule has 0 aromatic heterocycles. The highest BCUT2D eigenvalue weighted by Gasteiger charge is 2.34. The number of carbonyl (C=O) groups is 4. The summed E-state index contributed by atoms with van der Waals surface area (Å²) in [6.45, 7) is 2.66. The molecule has 0 aliphatic heterocycles. The summed E-state index contributed by atoms with van der Waals surface area (Å²) >= 11 is 0. The average Bonchev–Trinajstić information content (AvgIpc) is 2.82. The van der Waals surface area contributed by atoms with Crippen LogP contribution in [-0.4, -0.2) is 87.9 Å². The molecular weight excluding hydrogens is 486 g/mol. The fourth-order valence-corrected chi connectivity index (χ4v) is 3.28. The minimum atomic E-state index is -1.66. The van der Waals surface area contributed by atoms with Crippen molar-refractivity contribution in [1.29, 1.82) is 0 Å². The third-order valence-electron chi connectivity index (χ3n) is 5.33. The molecular formula is C23H37N7O7. The number of amides is 3. The molecule has 14 nitrogen and oxygen atoms in total. The van der Waals surface area contributed by atoms with Crippen LogP contribution in [0.25, 0.3) is 0 Å². The molecule has 0 aliphatic rings. The molecule has 3 amide bonds. The first kappa shape index (κ1) is 31.3. The Bertz CT molecular complexity index is 937. The zero-order valence-corrected chi connectivity index (χ0v) is 20.8. The number of carboxylic acids is 1. The summed E-state index contributed by atoms with van der Waals surface area (Å²) in [5.41, 5.74) is 17.2. The Balaban J connectivity index is 3.01. The summed E-state index contributed by atoms with van der Waals surface area (Å²) in [6, 6.07) is 3.35. The van der Waals surface area contributed by atoms with E-state index < -0.39 is 60.1 Å². The van der Waals surface area contributed by atoms with Crippen LogP contribution in [0.2, 0.25) is 0 Å². The van der Waals surface area contributed by atoms with E-state index in [1.807, 2.05) is 0 Å². The Morgan fingerprint density at radius 3 is 1.97 bits per heavy atom. The molecule has 0 bridgehead atoms. The van der Waals surface area contributed by atoms with Crippen molar-refractivity contribution >= 4 is 29.7 Å². The van der Waals surface area contributed by atoms with Gasteiger partial charge in [-0.3, -0.25) is 19.4 Å². The molecule has 14 heteroatoms. The Morgan fingerprint density at radius 1 is 0.892 bits per heavy atom. The second kappa shape index (κ2) is 15.4. The van der Waals surface area contributed by atoms with Gasteiger partial charge in [-0.1, -0.05) is 30.3 Å². The predicted octanol–water partition coefficient (Wildman–Crippen LogP) is -3.09. The summed E-state index contributed by atoms with van der Waals surface area (Å²) in [5, 5.41) is 35.9. The molecule has 1 aromatic carbocycles. The summed E-state index contributed by atoms with van der Waals surface area (Å²) < 4.78 is 0. The van der Waals surface area contributed by atoms with Gasteiger partial charge in [-0.05, 0) is 32.3 Å². The molecule has 0 heterocycles. The highest BCUT2D eigenvalue weighted by atomic mass is 16.4. The minimum Gasteiger partial charge on any atom is -0.480 e. The van der Waals surface area contributed by atoms with Gasteiger partial charge in [-0.2, -0.15) is 0 Å². The maximum absolute atomic E-state index is 13.1. The van der Waals surface area contributed by atoms with Crippen LogP contribution in [0.15, 0.2) is 35.3 Å². The highest BCUT2D eigenvalue weighted by Crippen LogP contribution is 2.07. The molecule has 37 heavy (non-hydrogen) atoms. The fraction of sp³-hybridized carbons (Fsp3) is 0.522. The zero-order chi connectivity index (χ0) is 28.1. The summed E-state index contributed by atoms with van der Waals surface area (Å²) in [5.74, 6) is -4.05. The predicted molar refractivity (Wildman–Crippen MR) is 135 cm³/mol. The van der Waals surface area contributed by atoms with Gasteiger partial charge >= 0.3 is 5.97 Å². The first-order valence-electron chi connectivity index (χ1n) is 11.7. The van der Waals surface area contributed by atoms with Crippen molar-refractivity contribution in [3.05, 3.63) is 35.9 Å².